The van der Waals surface area contributed by atoms with Crippen molar-refractivity contribution in [1.82, 2.24) is 0 Å². The van der Waals surface area contributed by atoms with Crippen LogP contribution in [-0.4, -0.2) is 6.88 Å². The molecule has 4 aliphatic carbocycles. The fraction of sp³-hybridized carbons (Fsp3) is 0.440. The molecule has 54 heavy (non-hydrogen) atoms. The Hall–Kier alpha value is -1.96. The van der Waals surface area contributed by atoms with Gasteiger partial charge in [0, 0.05) is 0 Å². The molecule has 4 aromatic carbocycles. The summed E-state index contributed by atoms with van der Waals surface area (Å²) < 4.78 is 6.91. The third-order valence-corrected chi connectivity index (χ3v) is 32.0. The first-order valence-corrected chi connectivity index (χ1v) is 34.5. The van der Waals surface area contributed by atoms with E-state index in [2.05, 4.69) is 141 Å². The normalized spacial score (nSPS) is 20.6. The molecule has 2 saturated carbocycles. The van der Waals surface area contributed by atoms with Crippen LogP contribution in [0.2, 0.25) is 9.26 Å². The van der Waals surface area contributed by atoms with Crippen molar-refractivity contribution in [2.24, 2.45) is 10.8 Å². The number of allylic oxidation sites excluding steroid dienone is 2. The number of hydrogen-bond acceptors (Lipinski definition) is 0. The molecule has 2 unspecified atom stereocenters. The topological polar surface area (TPSA) is 0 Å². The molecule has 2 fully saturated rings. The summed E-state index contributed by atoms with van der Waals surface area (Å²) in [4.78, 5) is 0. The maximum Gasteiger partial charge on any atom is -0.147 e. The van der Waals surface area contributed by atoms with Gasteiger partial charge in [0.05, 0.1) is 0 Å². The van der Waals surface area contributed by atoms with E-state index in [-0.39, 0.29) is 24.8 Å². The Labute approximate surface area is 342 Å². The third kappa shape index (κ3) is 7.34. The quantitative estimate of drug-likeness (QED) is 0.125. The fourth-order valence-electron chi connectivity index (χ4n) is 11.9. The van der Waals surface area contributed by atoms with Gasteiger partial charge in [-0.05, 0) is 0 Å². The molecule has 4 aromatic rings. The van der Waals surface area contributed by atoms with Crippen LogP contribution in [0.4, 0.5) is 0 Å². The predicted octanol–water partition coefficient (Wildman–Crippen LogP) is 15.1. The Bertz CT molecular complexity index is 1980. The van der Waals surface area contributed by atoms with Crippen molar-refractivity contribution in [3.05, 3.63) is 129 Å². The molecule has 0 aromatic heterocycles. The van der Waals surface area contributed by atoms with Crippen LogP contribution in [-0.2, 0) is 17.4 Å². The summed E-state index contributed by atoms with van der Waals surface area (Å²) in [6.07, 6.45) is 21.9. The van der Waals surface area contributed by atoms with E-state index in [0.29, 0.717) is 18.1 Å². The number of rotatable bonds is 12. The third-order valence-electron chi connectivity index (χ3n) is 14.5. The van der Waals surface area contributed by atoms with Crippen molar-refractivity contribution in [2.75, 3.05) is 0 Å². The minimum absolute atomic E-state index is 0. The fourth-order valence-corrected chi connectivity index (χ4v) is 31.6. The Morgan fingerprint density at radius 1 is 0.574 bits per heavy atom. The van der Waals surface area contributed by atoms with Gasteiger partial charge in [0.1, 0.15) is 0 Å². The van der Waals surface area contributed by atoms with E-state index in [1.54, 1.807) is 22.3 Å². The van der Waals surface area contributed by atoms with Gasteiger partial charge in [-0.25, -0.2) is 0 Å². The molecule has 0 saturated heterocycles. The minimum atomic E-state index is -3.86. The van der Waals surface area contributed by atoms with Crippen molar-refractivity contribution in [3.8, 4) is 22.3 Å². The van der Waals surface area contributed by atoms with Crippen LogP contribution < -0.4 is 0 Å². The van der Waals surface area contributed by atoms with Crippen LogP contribution in [0.1, 0.15) is 132 Å². The van der Waals surface area contributed by atoms with Gasteiger partial charge in [0.25, 0.3) is 0 Å². The van der Waals surface area contributed by atoms with Crippen molar-refractivity contribution in [2.45, 2.75) is 121 Å². The van der Waals surface area contributed by atoms with Gasteiger partial charge >= 0.3 is 320 Å². The van der Waals surface area contributed by atoms with Crippen molar-refractivity contribution < 1.29 is 17.4 Å². The van der Waals surface area contributed by atoms with Crippen LogP contribution in [0.5, 0.6) is 0 Å². The summed E-state index contributed by atoms with van der Waals surface area (Å²) in [5, 5.41) is 0. The van der Waals surface area contributed by atoms with Crippen LogP contribution in [0, 0.1) is 24.7 Å². The zero-order valence-electron chi connectivity index (χ0n) is 33.9. The zero-order chi connectivity index (χ0) is 36.3. The Balaban J connectivity index is 0.00000249. The molecular weight excluding hydrogens is 791 g/mol. The average Bonchev–Trinajstić information content (AvgIpc) is 3.66. The Morgan fingerprint density at radius 2 is 0.944 bits per heavy atom. The van der Waals surface area contributed by atoms with Gasteiger partial charge in [0.2, 0.25) is 0 Å². The van der Waals surface area contributed by atoms with E-state index in [4.69, 9.17) is 0 Å². The first-order chi connectivity index (χ1) is 24.9. The summed E-state index contributed by atoms with van der Waals surface area (Å²) in [5.41, 5.74) is 19.2. The minimum Gasteiger partial charge on any atom is -0.147 e. The molecule has 0 radical (unpaired) electrons. The summed E-state index contributed by atoms with van der Waals surface area (Å²) in [5.74, 6) is 0. The van der Waals surface area contributed by atoms with E-state index < -0.39 is 17.4 Å². The first-order valence-electron chi connectivity index (χ1n) is 20.8. The second-order valence-corrected chi connectivity index (χ2v) is 49.6. The van der Waals surface area contributed by atoms with Gasteiger partial charge in [-0.1, -0.05) is 0 Å². The van der Waals surface area contributed by atoms with Crippen LogP contribution in [0.25, 0.3) is 34.4 Å². The summed E-state index contributed by atoms with van der Waals surface area (Å²) >= 11 is -3.86. The van der Waals surface area contributed by atoms with E-state index >= 15 is 0 Å². The van der Waals surface area contributed by atoms with Crippen molar-refractivity contribution >= 4 is 43.8 Å². The molecule has 2 atom stereocenters. The molecule has 0 aliphatic heterocycles. The Kier molecular flexibility index (Phi) is 12.2. The maximum absolute atomic E-state index is 3.86. The summed E-state index contributed by atoms with van der Waals surface area (Å²) in [6.45, 7) is 11.8. The first kappa shape index (κ1) is 41.7. The Morgan fingerprint density at radius 3 is 1.26 bits per heavy atom. The predicted molar refractivity (Wildman–Crippen MR) is 241 cm³/mol. The second kappa shape index (κ2) is 15.8. The van der Waals surface area contributed by atoms with E-state index in [9.17, 15) is 0 Å². The summed E-state index contributed by atoms with van der Waals surface area (Å²) in [7, 11) is 0. The number of hydrogen-bond donors (Lipinski definition) is 0. The standard InChI is InChI=1S/2C24H27.2CH3.2ClH.H2Si.Zr/c2*1-3-12-24(13-5-14-24)17-19-15-21-6-4-7-22(23(21)16-19)20-10-8-18(2)9-11-20;;;;;;/h2*4,6-11,15-16H,3,5,12-14,17H2,1-2H3;2*1H3;2*1H;1H2;. The average molecular weight is 855 g/mol. The SMILES string of the molecule is CCCC1(CC2=Cc3c(-c4ccc(C)cc4)cccc3[CH]2[Zr]([CH3])([CH3])(=[SiH2])[CH]2C(CC3(CCC)CCC3)=Cc3c(-c4ccc(C)cc4)cccc32)CCC1.Cl.Cl. The molecule has 4 heteroatoms. The maximum atomic E-state index is 2.90. The molecule has 0 N–H and O–H groups in total. The molecule has 0 spiro atoms. The van der Waals surface area contributed by atoms with Gasteiger partial charge in [-0.15, -0.1) is 24.8 Å². The molecule has 0 amide bonds. The van der Waals surface area contributed by atoms with Crippen LogP contribution >= 0.6 is 24.8 Å². The largest absolute Gasteiger partial charge is 0.147 e. The molecular formula is C50H64Cl2SiZr. The summed E-state index contributed by atoms with van der Waals surface area (Å²) in [6, 6.07) is 33.4. The van der Waals surface area contributed by atoms with E-state index in [1.807, 2.05) is 0 Å². The zero-order valence-corrected chi connectivity index (χ0v) is 39.4. The van der Waals surface area contributed by atoms with Gasteiger partial charge in [0.15, 0.2) is 0 Å². The number of benzene rings is 4. The van der Waals surface area contributed by atoms with Crippen LogP contribution in [0.3, 0.4) is 0 Å². The van der Waals surface area contributed by atoms with Gasteiger partial charge in [-0.3, -0.25) is 0 Å². The smallest absolute Gasteiger partial charge is 0.147 e. The molecule has 0 heterocycles. The molecule has 286 valence electrons. The van der Waals surface area contributed by atoms with E-state index in [0.717, 1.165) is 0 Å². The van der Waals surface area contributed by atoms with Gasteiger partial charge in [-0.2, -0.15) is 0 Å². The molecule has 4 aliphatic rings. The molecule has 0 bridgehead atoms. The number of halogens is 2. The molecule has 0 nitrogen and oxygen atoms in total. The molecule has 8 rings (SSSR count). The second-order valence-electron chi connectivity index (χ2n) is 19.2. The number of fused-ring (bicyclic) bond motifs is 2. The number of aryl methyl sites for hydroxylation is 2. The van der Waals surface area contributed by atoms with Crippen LogP contribution in [0.15, 0.2) is 96.1 Å². The van der Waals surface area contributed by atoms with Crippen molar-refractivity contribution in [1.29, 1.82) is 0 Å². The van der Waals surface area contributed by atoms with Crippen molar-refractivity contribution in [3.63, 3.8) is 0 Å². The van der Waals surface area contributed by atoms with E-state index in [1.165, 1.54) is 122 Å². The monoisotopic (exact) mass is 852 g/mol. The van der Waals surface area contributed by atoms with Gasteiger partial charge < -0.3 is 0 Å².